The number of halogens is 2. The SMILES string of the molecule is Fc1ccc(-c2cc3ccccc3[nH]2)c(Cl)c1. The molecule has 0 atom stereocenters. The largest absolute Gasteiger partial charge is 0.354 e. The van der Waals surface area contributed by atoms with Gasteiger partial charge in [-0.25, -0.2) is 4.39 Å². The van der Waals surface area contributed by atoms with E-state index in [1.165, 1.54) is 12.1 Å². The van der Waals surface area contributed by atoms with Crippen LogP contribution >= 0.6 is 11.6 Å². The molecule has 1 nitrogen and oxygen atoms in total. The van der Waals surface area contributed by atoms with Gasteiger partial charge in [0.2, 0.25) is 0 Å². The van der Waals surface area contributed by atoms with Gasteiger partial charge >= 0.3 is 0 Å². The molecule has 0 unspecified atom stereocenters. The van der Waals surface area contributed by atoms with Crippen molar-refractivity contribution < 1.29 is 4.39 Å². The predicted molar refractivity (Wildman–Crippen MR) is 68.7 cm³/mol. The molecule has 0 aliphatic carbocycles. The van der Waals surface area contributed by atoms with Crippen molar-refractivity contribution in [3.8, 4) is 11.3 Å². The molecule has 0 bridgehead atoms. The van der Waals surface area contributed by atoms with Crippen LogP contribution in [0.3, 0.4) is 0 Å². The third-order valence-corrected chi connectivity index (χ3v) is 3.06. The van der Waals surface area contributed by atoms with Crippen LogP contribution in [0, 0.1) is 5.82 Å². The number of fused-ring (bicyclic) bond motifs is 1. The number of aromatic amines is 1. The standard InChI is InChI=1S/C14H9ClFN/c15-12-8-10(16)5-6-11(12)14-7-9-3-1-2-4-13(9)17-14/h1-8,17H. The van der Waals surface area contributed by atoms with Crippen LogP contribution in [0.25, 0.3) is 22.2 Å². The zero-order valence-electron chi connectivity index (χ0n) is 8.87. The van der Waals surface area contributed by atoms with Crippen LogP contribution in [0.5, 0.6) is 0 Å². The predicted octanol–water partition coefficient (Wildman–Crippen LogP) is 4.63. The number of aromatic nitrogens is 1. The van der Waals surface area contributed by atoms with Crippen molar-refractivity contribution in [2.24, 2.45) is 0 Å². The Balaban J connectivity index is 2.20. The molecule has 2 aromatic carbocycles. The van der Waals surface area contributed by atoms with Crippen molar-refractivity contribution in [3.63, 3.8) is 0 Å². The maximum Gasteiger partial charge on any atom is 0.124 e. The van der Waals surface area contributed by atoms with Gasteiger partial charge < -0.3 is 4.98 Å². The normalized spacial score (nSPS) is 10.9. The number of hydrogen-bond acceptors (Lipinski definition) is 0. The summed E-state index contributed by atoms with van der Waals surface area (Å²) in [6.07, 6.45) is 0. The summed E-state index contributed by atoms with van der Waals surface area (Å²) in [5, 5.41) is 1.53. The molecule has 0 aliphatic rings. The molecular weight excluding hydrogens is 237 g/mol. The number of rotatable bonds is 1. The summed E-state index contributed by atoms with van der Waals surface area (Å²) in [6.45, 7) is 0. The Bertz CT molecular complexity index is 655. The highest BCUT2D eigenvalue weighted by atomic mass is 35.5. The Kier molecular flexibility index (Phi) is 2.37. The van der Waals surface area contributed by atoms with E-state index in [1.54, 1.807) is 6.07 Å². The fourth-order valence-electron chi connectivity index (χ4n) is 1.93. The quantitative estimate of drug-likeness (QED) is 0.644. The molecule has 0 fully saturated rings. The summed E-state index contributed by atoms with van der Waals surface area (Å²) in [5.74, 6) is -0.324. The molecule has 0 aliphatic heterocycles. The summed E-state index contributed by atoms with van der Waals surface area (Å²) in [4.78, 5) is 3.27. The van der Waals surface area contributed by atoms with E-state index in [2.05, 4.69) is 4.98 Å². The average molecular weight is 246 g/mol. The van der Waals surface area contributed by atoms with Gasteiger partial charge in [-0.3, -0.25) is 0 Å². The van der Waals surface area contributed by atoms with Gasteiger partial charge in [-0.1, -0.05) is 29.8 Å². The van der Waals surface area contributed by atoms with Gasteiger partial charge in [-0.15, -0.1) is 0 Å². The van der Waals surface area contributed by atoms with E-state index in [0.717, 1.165) is 22.2 Å². The molecule has 1 N–H and O–H groups in total. The summed E-state index contributed by atoms with van der Waals surface area (Å²) >= 11 is 6.03. The van der Waals surface area contributed by atoms with Crippen molar-refractivity contribution in [2.45, 2.75) is 0 Å². The maximum atomic E-state index is 13.0. The first-order chi connectivity index (χ1) is 8.24. The third kappa shape index (κ3) is 1.81. The van der Waals surface area contributed by atoms with E-state index >= 15 is 0 Å². The summed E-state index contributed by atoms with van der Waals surface area (Å²) in [5.41, 5.74) is 2.75. The molecule has 0 saturated heterocycles. The Morgan fingerprint density at radius 3 is 2.59 bits per heavy atom. The molecular formula is C14H9ClFN. The third-order valence-electron chi connectivity index (χ3n) is 2.75. The molecule has 1 heterocycles. The van der Waals surface area contributed by atoms with E-state index in [9.17, 15) is 4.39 Å². The number of hydrogen-bond donors (Lipinski definition) is 1. The molecule has 0 saturated carbocycles. The van der Waals surface area contributed by atoms with Crippen LogP contribution in [0.4, 0.5) is 4.39 Å². The van der Waals surface area contributed by atoms with Gasteiger partial charge in [0.15, 0.2) is 0 Å². The van der Waals surface area contributed by atoms with E-state index < -0.39 is 0 Å². The van der Waals surface area contributed by atoms with Crippen LogP contribution in [-0.2, 0) is 0 Å². The minimum atomic E-state index is -0.324. The summed E-state index contributed by atoms with van der Waals surface area (Å²) in [7, 11) is 0. The fraction of sp³-hybridized carbons (Fsp3) is 0. The lowest BCUT2D eigenvalue weighted by atomic mass is 10.1. The topological polar surface area (TPSA) is 15.8 Å². The minimum absolute atomic E-state index is 0.324. The molecule has 0 radical (unpaired) electrons. The van der Waals surface area contributed by atoms with Crippen LogP contribution in [0.2, 0.25) is 5.02 Å². The first kappa shape index (κ1) is 10.4. The smallest absolute Gasteiger partial charge is 0.124 e. The molecule has 17 heavy (non-hydrogen) atoms. The van der Waals surface area contributed by atoms with Gasteiger partial charge in [-0.05, 0) is 30.3 Å². The van der Waals surface area contributed by atoms with Crippen LogP contribution < -0.4 is 0 Å². The zero-order chi connectivity index (χ0) is 11.8. The lowest BCUT2D eigenvalue weighted by Gasteiger charge is -2.01. The average Bonchev–Trinajstić information content (AvgIpc) is 2.72. The Hall–Kier alpha value is -1.80. The van der Waals surface area contributed by atoms with Crippen molar-refractivity contribution in [3.05, 3.63) is 59.4 Å². The molecule has 3 heteroatoms. The first-order valence-electron chi connectivity index (χ1n) is 5.27. The Morgan fingerprint density at radius 2 is 1.82 bits per heavy atom. The highest BCUT2D eigenvalue weighted by Gasteiger charge is 2.07. The fourth-order valence-corrected chi connectivity index (χ4v) is 2.20. The van der Waals surface area contributed by atoms with E-state index in [0.29, 0.717) is 5.02 Å². The lowest BCUT2D eigenvalue weighted by Crippen LogP contribution is -1.81. The summed E-state index contributed by atoms with van der Waals surface area (Å²) < 4.78 is 13.0. The second kappa shape index (κ2) is 3.90. The molecule has 3 aromatic rings. The number of para-hydroxylation sites is 1. The van der Waals surface area contributed by atoms with Crippen LogP contribution in [-0.4, -0.2) is 4.98 Å². The van der Waals surface area contributed by atoms with Crippen molar-refractivity contribution in [1.29, 1.82) is 0 Å². The van der Waals surface area contributed by atoms with E-state index in [-0.39, 0.29) is 5.82 Å². The van der Waals surface area contributed by atoms with Crippen LogP contribution in [0.15, 0.2) is 48.5 Å². The Labute approximate surface area is 103 Å². The maximum absolute atomic E-state index is 13.0. The minimum Gasteiger partial charge on any atom is -0.354 e. The Morgan fingerprint density at radius 1 is 1.00 bits per heavy atom. The van der Waals surface area contributed by atoms with Gasteiger partial charge in [0.25, 0.3) is 0 Å². The molecule has 3 rings (SSSR count). The number of benzene rings is 2. The van der Waals surface area contributed by atoms with Crippen molar-refractivity contribution in [2.75, 3.05) is 0 Å². The number of nitrogens with one attached hydrogen (secondary N) is 1. The van der Waals surface area contributed by atoms with Crippen LogP contribution in [0.1, 0.15) is 0 Å². The summed E-state index contributed by atoms with van der Waals surface area (Å²) in [6, 6.07) is 14.4. The van der Waals surface area contributed by atoms with E-state index in [4.69, 9.17) is 11.6 Å². The van der Waals surface area contributed by atoms with Crippen molar-refractivity contribution >= 4 is 22.5 Å². The monoisotopic (exact) mass is 245 g/mol. The number of H-pyrrole nitrogens is 1. The van der Waals surface area contributed by atoms with Gasteiger partial charge in [0.1, 0.15) is 5.82 Å². The highest BCUT2D eigenvalue weighted by molar-refractivity contribution is 6.33. The molecule has 84 valence electrons. The second-order valence-electron chi connectivity index (χ2n) is 3.89. The van der Waals surface area contributed by atoms with Gasteiger partial charge in [0.05, 0.1) is 5.02 Å². The first-order valence-corrected chi connectivity index (χ1v) is 5.65. The molecule has 0 amide bonds. The highest BCUT2D eigenvalue weighted by Crippen LogP contribution is 2.30. The van der Waals surface area contributed by atoms with Crippen molar-refractivity contribution in [1.82, 2.24) is 4.98 Å². The van der Waals surface area contributed by atoms with E-state index in [1.807, 2.05) is 30.3 Å². The molecule has 0 spiro atoms. The second-order valence-corrected chi connectivity index (χ2v) is 4.30. The molecule has 1 aromatic heterocycles. The zero-order valence-corrected chi connectivity index (χ0v) is 9.63. The lowest BCUT2D eigenvalue weighted by molar-refractivity contribution is 0.628. The van der Waals surface area contributed by atoms with Gasteiger partial charge in [0, 0.05) is 22.2 Å². The van der Waals surface area contributed by atoms with Gasteiger partial charge in [-0.2, -0.15) is 0 Å².